The summed E-state index contributed by atoms with van der Waals surface area (Å²) in [6, 6.07) is 0. The number of carbonyl (C=O) groups is 1. The monoisotopic (exact) mass is 226 g/mol. The lowest BCUT2D eigenvalue weighted by atomic mass is 9.92. The van der Waals surface area contributed by atoms with Crippen molar-refractivity contribution in [2.24, 2.45) is 12.5 Å². The molecule has 16 heavy (non-hydrogen) atoms. The number of aryl methyl sites for hydroxylation is 1. The van der Waals surface area contributed by atoms with Gasteiger partial charge in [0.2, 0.25) is 5.91 Å². The molecule has 0 aliphatic heterocycles. The normalized spacial score (nSPS) is 11.5. The van der Waals surface area contributed by atoms with E-state index in [1.54, 1.807) is 14.1 Å². The highest BCUT2D eigenvalue weighted by atomic mass is 16.2. The third-order valence-corrected chi connectivity index (χ3v) is 2.24. The first-order chi connectivity index (χ1) is 7.45. The van der Waals surface area contributed by atoms with Crippen LogP contribution in [0.25, 0.3) is 0 Å². The number of hydrogen-bond acceptors (Lipinski definition) is 5. The Hall–Kier alpha value is -1.50. The highest BCUT2D eigenvalue weighted by molar-refractivity contribution is 5.81. The van der Waals surface area contributed by atoms with Crippen LogP contribution in [-0.4, -0.2) is 39.7 Å². The van der Waals surface area contributed by atoms with Crippen LogP contribution >= 0.6 is 0 Å². The topological polar surface area (TPSA) is 84.7 Å². The zero-order chi connectivity index (χ0) is 12.2. The number of aromatic nitrogens is 4. The van der Waals surface area contributed by atoms with Crippen molar-refractivity contribution in [1.82, 2.24) is 30.8 Å². The molecule has 0 aliphatic rings. The van der Waals surface area contributed by atoms with E-state index >= 15 is 0 Å². The Bertz CT molecular complexity index is 359. The Kier molecular flexibility index (Phi) is 3.94. The summed E-state index contributed by atoms with van der Waals surface area (Å²) < 4.78 is 0. The van der Waals surface area contributed by atoms with Gasteiger partial charge in [0.05, 0.1) is 19.0 Å². The van der Waals surface area contributed by atoms with E-state index in [0.29, 0.717) is 18.9 Å². The van der Waals surface area contributed by atoms with Gasteiger partial charge in [0, 0.05) is 13.6 Å². The predicted octanol–water partition coefficient (Wildman–Crippen LogP) is -0.928. The number of nitrogens with one attached hydrogen (secondary N) is 2. The second-order valence-corrected chi connectivity index (χ2v) is 4.26. The number of nitrogens with zero attached hydrogens (tertiary/aromatic N) is 4. The smallest absolute Gasteiger partial charge is 0.226 e. The highest BCUT2D eigenvalue weighted by Gasteiger charge is 2.25. The van der Waals surface area contributed by atoms with Gasteiger partial charge in [0.25, 0.3) is 0 Å². The van der Waals surface area contributed by atoms with E-state index in [9.17, 15) is 4.79 Å². The van der Waals surface area contributed by atoms with Gasteiger partial charge in [0.15, 0.2) is 5.82 Å². The predicted molar refractivity (Wildman–Crippen MR) is 58.4 cm³/mol. The molecule has 0 saturated heterocycles. The van der Waals surface area contributed by atoms with Crippen molar-refractivity contribution in [2.75, 3.05) is 13.6 Å². The highest BCUT2D eigenvalue weighted by Crippen LogP contribution is 2.13. The molecule has 2 N–H and O–H groups in total. The number of tetrazole rings is 1. The lowest BCUT2D eigenvalue weighted by molar-refractivity contribution is -0.128. The maximum atomic E-state index is 11.5. The Labute approximate surface area is 94.6 Å². The summed E-state index contributed by atoms with van der Waals surface area (Å²) >= 11 is 0. The maximum absolute atomic E-state index is 11.5. The minimum absolute atomic E-state index is 0.00658. The quantitative estimate of drug-likeness (QED) is 0.677. The standard InChI is InChI=1S/C9H18N6O/c1-9(2,8(16)10-3)6-11-5-7-12-14-15(4)13-7/h11H,5-6H2,1-4H3,(H,10,16). The fourth-order valence-electron chi connectivity index (χ4n) is 1.30. The molecule has 0 aromatic carbocycles. The molecule has 7 nitrogen and oxygen atoms in total. The average Bonchev–Trinajstić information content (AvgIpc) is 2.62. The van der Waals surface area contributed by atoms with Crippen molar-refractivity contribution in [3.8, 4) is 0 Å². The average molecular weight is 226 g/mol. The van der Waals surface area contributed by atoms with Gasteiger partial charge in [-0.2, -0.15) is 4.80 Å². The molecule has 1 aromatic rings. The molecule has 1 heterocycles. The molecule has 0 bridgehead atoms. The molecule has 0 fully saturated rings. The van der Waals surface area contributed by atoms with E-state index in [1.165, 1.54) is 4.80 Å². The third-order valence-electron chi connectivity index (χ3n) is 2.24. The summed E-state index contributed by atoms with van der Waals surface area (Å²) in [7, 11) is 3.35. The Balaban J connectivity index is 2.38. The van der Waals surface area contributed by atoms with Gasteiger partial charge in [0.1, 0.15) is 0 Å². The van der Waals surface area contributed by atoms with Gasteiger partial charge in [-0.25, -0.2) is 0 Å². The first kappa shape index (κ1) is 12.6. The van der Waals surface area contributed by atoms with Gasteiger partial charge in [-0.15, -0.1) is 10.2 Å². The van der Waals surface area contributed by atoms with Crippen LogP contribution in [0.1, 0.15) is 19.7 Å². The van der Waals surface area contributed by atoms with Gasteiger partial charge >= 0.3 is 0 Å². The molecule has 90 valence electrons. The lowest BCUT2D eigenvalue weighted by Gasteiger charge is -2.22. The third kappa shape index (κ3) is 3.27. The largest absolute Gasteiger partial charge is 0.359 e. The van der Waals surface area contributed by atoms with Gasteiger partial charge in [-0.3, -0.25) is 4.79 Å². The minimum Gasteiger partial charge on any atom is -0.359 e. The van der Waals surface area contributed by atoms with Gasteiger partial charge in [-0.1, -0.05) is 0 Å². The number of carbonyl (C=O) groups excluding carboxylic acids is 1. The summed E-state index contributed by atoms with van der Waals surface area (Å²) in [6.07, 6.45) is 0. The summed E-state index contributed by atoms with van der Waals surface area (Å²) in [5.74, 6) is 0.627. The Morgan fingerprint density at radius 2 is 2.19 bits per heavy atom. The molecule has 0 aliphatic carbocycles. The zero-order valence-corrected chi connectivity index (χ0v) is 10.1. The van der Waals surface area contributed by atoms with E-state index in [-0.39, 0.29) is 5.91 Å². The first-order valence-electron chi connectivity index (χ1n) is 5.11. The van der Waals surface area contributed by atoms with Crippen molar-refractivity contribution in [3.63, 3.8) is 0 Å². The van der Waals surface area contributed by atoms with Crippen LogP contribution in [0.4, 0.5) is 0 Å². The summed E-state index contributed by atoms with van der Waals surface area (Å²) in [4.78, 5) is 12.9. The van der Waals surface area contributed by atoms with Crippen LogP contribution in [0, 0.1) is 5.41 Å². The first-order valence-corrected chi connectivity index (χ1v) is 5.11. The van der Waals surface area contributed by atoms with Crippen LogP contribution in [-0.2, 0) is 18.4 Å². The van der Waals surface area contributed by atoms with E-state index in [4.69, 9.17) is 0 Å². The van der Waals surface area contributed by atoms with Gasteiger partial charge in [-0.05, 0) is 19.1 Å². The summed E-state index contributed by atoms with van der Waals surface area (Å²) in [5, 5.41) is 17.3. The SMILES string of the molecule is CNC(=O)C(C)(C)CNCc1nnn(C)n1. The molecule has 0 atom stereocenters. The van der Waals surface area contributed by atoms with Crippen LogP contribution in [0.2, 0.25) is 0 Å². The van der Waals surface area contributed by atoms with Crippen molar-refractivity contribution < 1.29 is 4.79 Å². The van der Waals surface area contributed by atoms with E-state index in [2.05, 4.69) is 26.0 Å². The number of hydrogen-bond donors (Lipinski definition) is 2. The van der Waals surface area contributed by atoms with Crippen LogP contribution in [0.5, 0.6) is 0 Å². The molecule has 7 heteroatoms. The maximum Gasteiger partial charge on any atom is 0.226 e. The molecule has 1 aromatic heterocycles. The fourth-order valence-corrected chi connectivity index (χ4v) is 1.30. The number of amides is 1. The van der Waals surface area contributed by atoms with Crippen molar-refractivity contribution >= 4 is 5.91 Å². The van der Waals surface area contributed by atoms with E-state index in [1.807, 2.05) is 13.8 Å². The zero-order valence-electron chi connectivity index (χ0n) is 10.1. The molecule has 1 rings (SSSR count). The molecular formula is C9H18N6O. The van der Waals surface area contributed by atoms with E-state index < -0.39 is 5.41 Å². The molecule has 0 unspecified atom stereocenters. The Morgan fingerprint density at radius 3 is 2.69 bits per heavy atom. The molecular weight excluding hydrogens is 208 g/mol. The van der Waals surface area contributed by atoms with E-state index in [0.717, 1.165) is 0 Å². The molecule has 0 saturated carbocycles. The van der Waals surface area contributed by atoms with Crippen molar-refractivity contribution in [3.05, 3.63) is 5.82 Å². The van der Waals surface area contributed by atoms with Crippen molar-refractivity contribution in [2.45, 2.75) is 20.4 Å². The molecule has 0 spiro atoms. The summed E-state index contributed by atoms with van der Waals surface area (Å²) in [6.45, 7) is 4.82. The minimum atomic E-state index is -0.447. The van der Waals surface area contributed by atoms with Crippen LogP contribution in [0.15, 0.2) is 0 Å². The second kappa shape index (κ2) is 5.02. The second-order valence-electron chi connectivity index (χ2n) is 4.26. The van der Waals surface area contributed by atoms with Crippen molar-refractivity contribution in [1.29, 1.82) is 0 Å². The number of rotatable bonds is 5. The van der Waals surface area contributed by atoms with Gasteiger partial charge < -0.3 is 10.6 Å². The molecule has 1 amide bonds. The fraction of sp³-hybridized carbons (Fsp3) is 0.778. The Morgan fingerprint density at radius 1 is 1.50 bits per heavy atom. The lowest BCUT2D eigenvalue weighted by Crippen LogP contribution is -2.41. The van der Waals surface area contributed by atoms with Crippen LogP contribution in [0.3, 0.4) is 0 Å². The summed E-state index contributed by atoms with van der Waals surface area (Å²) in [5.41, 5.74) is -0.447. The molecule has 0 radical (unpaired) electrons. The van der Waals surface area contributed by atoms with Crippen LogP contribution < -0.4 is 10.6 Å².